The lowest BCUT2D eigenvalue weighted by atomic mass is 10.1. The van der Waals surface area contributed by atoms with Crippen molar-refractivity contribution in [2.45, 2.75) is 20.4 Å². The molecule has 110 valence electrons. The summed E-state index contributed by atoms with van der Waals surface area (Å²) in [5.74, 6) is -0.443. The summed E-state index contributed by atoms with van der Waals surface area (Å²) in [5, 5.41) is 5.50. The highest BCUT2D eigenvalue weighted by atomic mass is 35.5. The quantitative estimate of drug-likeness (QED) is 0.866. The number of aryl methyl sites for hydroxylation is 2. The maximum absolute atomic E-state index is 12.9. The lowest BCUT2D eigenvalue weighted by Gasteiger charge is -2.11. The maximum atomic E-state index is 12.9. The predicted molar refractivity (Wildman–Crippen MR) is 83.2 cm³/mol. The number of amides is 2. The van der Waals surface area contributed by atoms with Crippen LogP contribution in [0.2, 0.25) is 5.02 Å². The Morgan fingerprint density at radius 1 is 1.19 bits per heavy atom. The summed E-state index contributed by atoms with van der Waals surface area (Å²) < 4.78 is 12.9. The van der Waals surface area contributed by atoms with Gasteiger partial charge in [-0.2, -0.15) is 0 Å². The van der Waals surface area contributed by atoms with E-state index >= 15 is 0 Å². The predicted octanol–water partition coefficient (Wildman–Crippen LogP) is 4.42. The standard InChI is InChI=1S/C16H16ClFN2O/c1-10-3-4-12(11(2)7-10)9-19-16(21)20-15-6-5-13(18)8-14(15)17/h3-8H,9H2,1-2H3,(H2,19,20,21). The van der Waals surface area contributed by atoms with Gasteiger partial charge in [0.05, 0.1) is 10.7 Å². The second-order valence-corrected chi connectivity index (χ2v) is 5.27. The summed E-state index contributed by atoms with van der Waals surface area (Å²) in [5.41, 5.74) is 3.71. The molecule has 21 heavy (non-hydrogen) atoms. The average molecular weight is 307 g/mol. The van der Waals surface area contributed by atoms with Crippen LogP contribution in [-0.4, -0.2) is 6.03 Å². The molecular formula is C16H16ClFN2O. The minimum Gasteiger partial charge on any atom is -0.334 e. The minimum atomic E-state index is -0.443. The van der Waals surface area contributed by atoms with Gasteiger partial charge in [0.15, 0.2) is 0 Å². The summed E-state index contributed by atoms with van der Waals surface area (Å²) in [4.78, 5) is 11.8. The van der Waals surface area contributed by atoms with Gasteiger partial charge in [-0.25, -0.2) is 9.18 Å². The fourth-order valence-corrected chi connectivity index (χ4v) is 2.19. The third kappa shape index (κ3) is 4.20. The molecule has 0 aliphatic heterocycles. The van der Waals surface area contributed by atoms with Crippen molar-refractivity contribution in [1.82, 2.24) is 5.32 Å². The van der Waals surface area contributed by atoms with E-state index in [2.05, 4.69) is 16.7 Å². The van der Waals surface area contributed by atoms with Gasteiger partial charge in [0.2, 0.25) is 0 Å². The van der Waals surface area contributed by atoms with E-state index in [-0.39, 0.29) is 11.1 Å². The van der Waals surface area contributed by atoms with E-state index in [0.29, 0.717) is 12.2 Å². The molecule has 0 aliphatic carbocycles. The van der Waals surface area contributed by atoms with Crippen molar-refractivity contribution in [3.8, 4) is 0 Å². The fraction of sp³-hybridized carbons (Fsp3) is 0.188. The van der Waals surface area contributed by atoms with Crippen molar-refractivity contribution < 1.29 is 9.18 Å². The summed E-state index contributed by atoms with van der Waals surface area (Å²) >= 11 is 5.85. The van der Waals surface area contributed by atoms with Crippen LogP contribution in [-0.2, 0) is 6.54 Å². The highest BCUT2D eigenvalue weighted by Crippen LogP contribution is 2.22. The zero-order valence-electron chi connectivity index (χ0n) is 11.8. The molecule has 2 rings (SSSR count). The highest BCUT2D eigenvalue weighted by molar-refractivity contribution is 6.33. The first-order valence-corrected chi connectivity index (χ1v) is 6.89. The van der Waals surface area contributed by atoms with Gasteiger partial charge in [0.1, 0.15) is 5.82 Å². The molecule has 0 saturated heterocycles. The molecule has 0 bridgehead atoms. The highest BCUT2D eigenvalue weighted by Gasteiger charge is 2.07. The van der Waals surface area contributed by atoms with Gasteiger partial charge in [-0.3, -0.25) is 0 Å². The average Bonchev–Trinajstić information content (AvgIpc) is 2.41. The van der Waals surface area contributed by atoms with E-state index in [4.69, 9.17) is 11.6 Å². The molecule has 3 nitrogen and oxygen atoms in total. The molecule has 2 amide bonds. The molecule has 2 aromatic carbocycles. The van der Waals surface area contributed by atoms with Crippen LogP contribution in [0.1, 0.15) is 16.7 Å². The second-order valence-electron chi connectivity index (χ2n) is 4.86. The Bertz CT molecular complexity index is 673. The molecule has 0 radical (unpaired) electrons. The van der Waals surface area contributed by atoms with E-state index in [1.807, 2.05) is 26.0 Å². The molecule has 0 heterocycles. The van der Waals surface area contributed by atoms with Crippen LogP contribution in [0.3, 0.4) is 0 Å². The van der Waals surface area contributed by atoms with E-state index in [1.54, 1.807) is 0 Å². The van der Waals surface area contributed by atoms with Crippen LogP contribution in [0.5, 0.6) is 0 Å². The van der Waals surface area contributed by atoms with Gasteiger partial charge in [0, 0.05) is 6.54 Å². The van der Waals surface area contributed by atoms with Crippen molar-refractivity contribution in [3.05, 3.63) is 63.9 Å². The number of halogens is 2. The van der Waals surface area contributed by atoms with E-state index < -0.39 is 5.82 Å². The molecule has 0 aliphatic rings. The number of anilines is 1. The Hall–Kier alpha value is -2.07. The molecule has 0 saturated carbocycles. The van der Waals surface area contributed by atoms with E-state index in [1.165, 1.54) is 17.7 Å². The zero-order chi connectivity index (χ0) is 15.4. The van der Waals surface area contributed by atoms with Gasteiger partial charge in [-0.15, -0.1) is 0 Å². The summed E-state index contributed by atoms with van der Waals surface area (Å²) in [6.45, 7) is 4.43. The largest absolute Gasteiger partial charge is 0.334 e. The summed E-state index contributed by atoms with van der Waals surface area (Å²) in [6.07, 6.45) is 0. The molecule has 0 unspecified atom stereocenters. The van der Waals surface area contributed by atoms with Crippen LogP contribution >= 0.6 is 11.6 Å². The Labute approximate surface area is 128 Å². The monoisotopic (exact) mass is 306 g/mol. The zero-order valence-corrected chi connectivity index (χ0v) is 12.6. The minimum absolute atomic E-state index is 0.164. The molecule has 0 spiro atoms. The lowest BCUT2D eigenvalue weighted by molar-refractivity contribution is 0.251. The first-order chi connectivity index (χ1) is 9.95. The van der Waals surface area contributed by atoms with E-state index in [0.717, 1.165) is 17.2 Å². The number of carbonyl (C=O) groups excluding carboxylic acids is 1. The van der Waals surface area contributed by atoms with Crippen molar-refractivity contribution >= 4 is 23.3 Å². The number of hydrogen-bond acceptors (Lipinski definition) is 1. The molecule has 0 atom stereocenters. The third-order valence-corrected chi connectivity index (χ3v) is 3.43. The Morgan fingerprint density at radius 3 is 2.62 bits per heavy atom. The molecule has 2 aromatic rings. The van der Waals surface area contributed by atoms with Crippen LogP contribution in [0.25, 0.3) is 0 Å². The first-order valence-electron chi connectivity index (χ1n) is 6.52. The Kier molecular flexibility index (Phi) is 4.81. The number of urea groups is 1. The molecule has 2 N–H and O–H groups in total. The van der Waals surface area contributed by atoms with Gasteiger partial charge < -0.3 is 10.6 Å². The number of rotatable bonds is 3. The summed E-state index contributed by atoms with van der Waals surface area (Å²) in [6, 6.07) is 9.48. The van der Waals surface area contributed by atoms with Gasteiger partial charge >= 0.3 is 6.03 Å². The van der Waals surface area contributed by atoms with Crippen molar-refractivity contribution in [2.24, 2.45) is 0 Å². The second kappa shape index (κ2) is 6.59. The summed E-state index contributed by atoms with van der Waals surface area (Å²) in [7, 11) is 0. The van der Waals surface area contributed by atoms with Crippen LogP contribution < -0.4 is 10.6 Å². The van der Waals surface area contributed by atoms with Gasteiger partial charge in [-0.05, 0) is 43.2 Å². The Balaban J connectivity index is 1.96. The first kappa shape index (κ1) is 15.3. The fourth-order valence-electron chi connectivity index (χ4n) is 1.98. The van der Waals surface area contributed by atoms with Gasteiger partial charge in [-0.1, -0.05) is 35.4 Å². The van der Waals surface area contributed by atoms with Gasteiger partial charge in [0.25, 0.3) is 0 Å². The van der Waals surface area contributed by atoms with Crippen molar-refractivity contribution in [2.75, 3.05) is 5.32 Å². The van der Waals surface area contributed by atoms with Crippen molar-refractivity contribution in [3.63, 3.8) is 0 Å². The molecule has 0 aromatic heterocycles. The van der Waals surface area contributed by atoms with Crippen LogP contribution in [0, 0.1) is 19.7 Å². The molecule has 0 fully saturated rings. The van der Waals surface area contributed by atoms with Crippen LogP contribution in [0.4, 0.5) is 14.9 Å². The third-order valence-electron chi connectivity index (χ3n) is 3.12. The number of benzene rings is 2. The SMILES string of the molecule is Cc1ccc(CNC(=O)Nc2ccc(F)cc2Cl)c(C)c1. The maximum Gasteiger partial charge on any atom is 0.319 e. The van der Waals surface area contributed by atoms with Crippen LogP contribution in [0.15, 0.2) is 36.4 Å². The number of nitrogens with one attached hydrogen (secondary N) is 2. The number of hydrogen-bond donors (Lipinski definition) is 2. The Morgan fingerprint density at radius 2 is 1.95 bits per heavy atom. The number of carbonyl (C=O) groups is 1. The topological polar surface area (TPSA) is 41.1 Å². The lowest BCUT2D eigenvalue weighted by Crippen LogP contribution is -2.28. The molecular weight excluding hydrogens is 291 g/mol. The smallest absolute Gasteiger partial charge is 0.319 e. The normalized spacial score (nSPS) is 10.3. The molecule has 5 heteroatoms. The van der Waals surface area contributed by atoms with Crippen molar-refractivity contribution in [1.29, 1.82) is 0 Å². The van der Waals surface area contributed by atoms with E-state index in [9.17, 15) is 9.18 Å².